The molecule has 0 spiro atoms. The van der Waals surface area contributed by atoms with E-state index < -0.39 is 5.97 Å². The number of anilines is 1. The van der Waals surface area contributed by atoms with Crippen LogP contribution >= 0.6 is 0 Å². The highest BCUT2D eigenvalue weighted by Crippen LogP contribution is 2.36. The number of carbonyl (C=O) groups excluding carboxylic acids is 1. The number of hydrogen-bond acceptors (Lipinski definition) is 5. The summed E-state index contributed by atoms with van der Waals surface area (Å²) in [6.07, 6.45) is 3.07. The fourth-order valence-corrected chi connectivity index (χ4v) is 3.05. The average Bonchev–Trinajstić information content (AvgIpc) is 2.88. The Morgan fingerprint density at radius 2 is 2.04 bits per heavy atom. The first-order valence-corrected chi connectivity index (χ1v) is 7.66. The van der Waals surface area contributed by atoms with E-state index in [9.17, 15) is 9.59 Å². The number of carbonyl (C=O) groups is 2. The van der Waals surface area contributed by atoms with Gasteiger partial charge in [-0.15, -0.1) is 0 Å². The second-order valence-electron chi connectivity index (χ2n) is 5.80. The van der Waals surface area contributed by atoms with Gasteiger partial charge in [0.25, 0.3) is 0 Å². The Morgan fingerprint density at radius 3 is 2.67 bits per heavy atom. The van der Waals surface area contributed by atoms with Crippen LogP contribution in [0.2, 0.25) is 0 Å². The lowest BCUT2D eigenvalue weighted by molar-refractivity contribution is -0.127. The summed E-state index contributed by atoms with van der Waals surface area (Å²) in [7, 11) is 1.82. The van der Waals surface area contributed by atoms with Gasteiger partial charge in [-0.3, -0.25) is 4.79 Å². The molecule has 24 heavy (non-hydrogen) atoms. The number of amides is 1. The molecule has 2 atom stereocenters. The topological polar surface area (TPSA) is 95.4 Å². The Morgan fingerprint density at radius 1 is 1.29 bits per heavy atom. The molecule has 0 unspecified atom stereocenters. The van der Waals surface area contributed by atoms with Gasteiger partial charge in [0.1, 0.15) is 5.82 Å². The molecule has 2 aromatic rings. The Labute approximate surface area is 139 Å². The Balaban J connectivity index is 1.71. The lowest BCUT2D eigenvalue weighted by Gasteiger charge is -2.25. The summed E-state index contributed by atoms with van der Waals surface area (Å²) in [5, 5.41) is 12.0. The van der Waals surface area contributed by atoms with Crippen molar-refractivity contribution in [3.63, 3.8) is 0 Å². The lowest BCUT2D eigenvalue weighted by Crippen LogP contribution is -2.26. The van der Waals surface area contributed by atoms with E-state index in [1.54, 1.807) is 4.90 Å². The first kappa shape index (κ1) is 15.9. The maximum Gasteiger partial charge on any atom is 0.356 e. The van der Waals surface area contributed by atoms with E-state index in [0.29, 0.717) is 18.8 Å². The fraction of sp³-hybridized carbons (Fsp3) is 0.294. The smallest absolute Gasteiger partial charge is 0.356 e. The van der Waals surface area contributed by atoms with Crippen molar-refractivity contribution in [2.75, 3.05) is 18.9 Å². The van der Waals surface area contributed by atoms with Crippen molar-refractivity contribution >= 4 is 17.7 Å². The van der Waals surface area contributed by atoms with Gasteiger partial charge in [0.05, 0.1) is 18.4 Å². The van der Waals surface area contributed by atoms with E-state index in [1.165, 1.54) is 12.4 Å². The van der Waals surface area contributed by atoms with Crippen LogP contribution in [-0.2, 0) is 4.79 Å². The van der Waals surface area contributed by atoms with Gasteiger partial charge in [0.15, 0.2) is 5.69 Å². The Hall–Kier alpha value is -2.96. The number of aromatic nitrogens is 2. The van der Waals surface area contributed by atoms with Crippen molar-refractivity contribution in [1.82, 2.24) is 14.9 Å². The van der Waals surface area contributed by atoms with Crippen molar-refractivity contribution < 1.29 is 14.7 Å². The number of likely N-dealkylation sites (tertiary alicyclic amines) is 1. The summed E-state index contributed by atoms with van der Waals surface area (Å²) in [6.45, 7) is 0.552. The van der Waals surface area contributed by atoms with Crippen LogP contribution in [0, 0.1) is 5.92 Å². The maximum atomic E-state index is 12.1. The van der Waals surface area contributed by atoms with Crippen LogP contribution in [0.25, 0.3) is 0 Å². The fourth-order valence-electron chi connectivity index (χ4n) is 3.05. The molecule has 0 saturated carbocycles. The number of carboxylic acid groups (broad SMARTS) is 1. The zero-order valence-electron chi connectivity index (χ0n) is 13.2. The SMILES string of the molecule is CN1C(=O)C[C@@H](CNc2cnc(C(=O)O)cn2)[C@@H]1c1ccccc1. The van der Waals surface area contributed by atoms with Crippen molar-refractivity contribution in [3.8, 4) is 0 Å². The van der Waals surface area contributed by atoms with Crippen LogP contribution in [0.5, 0.6) is 0 Å². The monoisotopic (exact) mass is 326 g/mol. The highest BCUT2D eigenvalue weighted by atomic mass is 16.4. The summed E-state index contributed by atoms with van der Waals surface area (Å²) in [4.78, 5) is 32.5. The first-order valence-electron chi connectivity index (χ1n) is 7.66. The molecule has 1 aromatic heterocycles. The number of carboxylic acids is 1. The molecule has 0 aliphatic carbocycles. The molecule has 2 heterocycles. The molecular weight excluding hydrogens is 308 g/mol. The van der Waals surface area contributed by atoms with Gasteiger partial charge in [-0.05, 0) is 5.56 Å². The van der Waals surface area contributed by atoms with Crippen LogP contribution in [0.4, 0.5) is 5.82 Å². The van der Waals surface area contributed by atoms with Crippen molar-refractivity contribution in [2.24, 2.45) is 5.92 Å². The van der Waals surface area contributed by atoms with Gasteiger partial charge in [0, 0.05) is 25.9 Å². The summed E-state index contributed by atoms with van der Waals surface area (Å²) >= 11 is 0. The van der Waals surface area contributed by atoms with Gasteiger partial charge < -0.3 is 15.3 Å². The van der Waals surface area contributed by atoms with Crippen molar-refractivity contribution in [3.05, 3.63) is 54.0 Å². The number of benzene rings is 1. The van der Waals surface area contributed by atoms with Crippen molar-refractivity contribution in [1.29, 1.82) is 0 Å². The van der Waals surface area contributed by atoms with Crippen LogP contribution in [-0.4, -0.2) is 45.4 Å². The molecule has 1 saturated heterocycles. The minimum absolute atomic E-state index is 0.0115. The molecule has 7 nitrogen and oxygen atoms in total. The van der Waals surface area contributed by atoms with E-state index in [0.717, 1.165) is 5.56 Å². The van der Waals surface area contributed by atoms with E-state index in [2.05, 4.69) is 15.3 Å². The van der Waals surface area contributed by atoms with Gasteiger partial charge in [0.2, 0.25) is 5.91 Å². The second-order valence-corrected chi connectivity index (χ2v) is 5.80. The van der Waals surface area contributed by atoms with E-state index in [1.807, 2.05) is 37.4 Å². The molecule has 1 amide bonds. The van der Waals surface area contributed by atoms with Crippen LogP contribution in [0.1, 0.15) is 28.5 Å². The third-order valence-electron chi connectivity index (χ3n) is 4.25. The first-order chi connectivity index (χ1) is 11.6. The predicted molar refractivity (Wildman–Crippen MR) is 87.5 cm³/mol. The van der Waals surface area contributed by atoms with Gasteiger partial charge in [-0.25, -0.2) is 14.8 Å². The van der Waals surface area contributed by atoms with Crippen molar-refractivity contribution in [2.45, 2.75) is 12.5 Å². The Kier molecular flexibility index (Phi) is 4.41. The highest BCUT2D eigenvalue weighted by molar-refractivity contribution is 5.84. The van der Waals surface area contributed by atoms with Gasteiger partial charge in [-0.1, -0.05) is 30.3 Å². The summed E-state index contributed by atoms with van der Waals surface area (Å²) < 4.78 is 0. The second kappa shape index (κ2) is 6.66. The zero-order valence-corrected chi connectivity index (χ0v) is 13.2. The van der Waals surface area contributed by atoms with E-state index >= 15 is 0 Å². The molecule has 7 heteroatoms. The van der Waals surface area contributed by atoms with E-state index in [4.69, 9.17) is 5.11 Å². The largest absolute Gasteiger partial charge is 0.476 e. The minimum Gasteiger partial charge on any atom is -0.476 e. The molecule has 0 radical (unpaired) electrons. The molecule has 124 valence electrons. The van der Waals surface area contributed by atoms with Gasteiger partial charge >= 0.3 is 5.97 Å². The summed E-state index contributed by atoms with van der Waals surface area (Å²) in [5.41, 5.74) is 1.00. The predicted octanol–water partition coefficient (Wildman–Crippen LogP) is 1.81. The molecule has 1 aliphatic rings. The highest BCUT2D eigenvalue weighted by Gasteiger charge is 2.38. The molecule has 2 N–H and O–H groups in total. The normalized spacial score (nSPS) is 20.2. The number of hydrogen-bond donors (Lipinski definition) is 2. The van der Waals surface area contributed by atoms with Gasteiger partial charge in [-0.2, -0.15) is 0 Å². The quantitative estimate of drug-likeness (QED) is 0.870. The molecule has 1 fully saturated rings. The molecular formula is C17H18N4O3. The molecule has 0 bridgehead atoms. The summed E-state index contributed by atoms with van der Waals surface area (Å²) in [6, 6.07) is 9.94. The lowest BCUT2D eigenvalue weighted by atomic mass is 9.93. The third kappa shape index (κ3) is 3.19. The molecule has 1 aromatic carbocycles. The number of nitrogens with zero attached hydrogens (tertiary/aromatic N) is 3. The standard InChI is InChI=1S/C17H18N4O3/c1-21-15(22)7-12(16(21)11-5-3-2-4-6-11)8-19-14-10-18-13(9-20-14)17(23)24/h2-6,9-10,12,16H,7-8H2,1H3,(H,19,20)(H,23,24)/t12-,16-/m0/s1. The number of rotatable bonds is 5. The Bertz CT molecular complexity index is 733. The van der Waals surface area contributed by atoms with Crippen LogP contribution in [0.15, 0.2) is 42.7 Å². The third-order valence-corrected chi connectivity index (χ3v) is 4.25. The number of aromatic carboxylic acids is 1. The zero-order chi connectivity index (χ0) is 17.1. The molecule has 1 aliphatic heterocycles. The van der Waals surface area contributed by atoms with E-state index in [-0.39, 0.29) is 23.6 Å². The summed E-state index contributed by atoms with van der Waals surface area (Å²) in [5.74, 6) is -0.399. The van der Waals surface area contributed by atoms with Crippen LogP contribution in [0.3, 0.4) is 0 Å². The number of nitrogens with one attached hydrogen (secondary N) is 1. The minimum atomic E-state index is -1.11. The molecule has 3 rings (SSSR count). The average molecular weight is 326 g/mol. The van der Waals surface area contributed by atoms with Crippen LogP contribution < -0.4 is 5.32 Å². The maximum absolute atomic E-state index is 12.1.